The lowest BCUT2D eigenvalue weighted by Gasteiger charge is -2.40. The summed E-state index contributed by atoms with van der Waals surface area (Å²) < 4.78 is 0. The Hall–Kier alpha value is -0.0400. The van der Waals surface area contributed by atoms with Gasteiger partial charge in [0.1, 0.15) is 0 Å². The van der Waals surface area contributed by atoms with Crippen molar-refractivity contribution in [3.63, 3.8) is 0 Å². The van der Waals surface area contributed by atoms with Gasteiger partial charge < -0.3 is 5.11 Å². The highest BCUT2D eigenvalue weighted by atomic mass is 16.3. The fourth-order valence-corrected chi connectivity index (χ4v) is 4.83. The van der Waals surface area contributed by atoms with Crippen LogP contribution in [0.5, 0.6) is 0 Å². The minimum absolute atomic E-state index is 0.162. The van der Waals surface area contributed by atoms with Crippen molar-refractivity contribution in [2.45, 2.75) is 70.8 Å². The van der Waals surface area contributed by atoms with Crippen molar-refractivity contribution < 1.29 is 5.11 Å². The van der Waals surface area contributed by atoms with Gasteiger partial charge in [0.05, 0.1) is 5.60 Å². The van der Waals surface area contributed by atoms with E-state index in [4.69, 9.17) is 0 Å². The Morgan fingerprint density at radius 2 is 1.94 bits per heavy atom. The van der Waals surface area contributed by atoms with Gasteiger partial charge in [0.25, 0.3) is 0 Å². The molecule has 3 rings (SSSR count). The van der Waals surface area contributed by atoms with Crippen LogP contribution < -0.4 is 0 Å². The van der Waals surface area contributed by atoms with E-state index in [1.165, 1.54) is 38.5 Å². The number of rotatable bonds is 2. The highest BCUT2D eigenvalue weighted by Crippen LogP contribution is 2.56. The van der Waals surface area contributed by atoms with E-state index >= 15 is 0 Å². The Morgan fingerprint density at radius 3 is 2.44 bits per heavy atom. The monoisotopic (exact) mass is 222 g/mol. The normalized spacial score (nSPS) is 50.1. The van der Waals surface area contributed by atoms with E-state index in [0.717, 1.165) is 30.6 Å². The summed E-state index contributed by atoms with van der Waals surface area (Å²) in [5.74, 6) is 2.83. The first-order chi connectivity index (χ1) is 7.50. The van der Waals surface area contributed by atoms with Gasteiger partial charge in [0.15, 0.2) is 0 Å². The van der Waals surface area contributed by atoms with Gasteiger partial charge in [-0.15, -0.1) is 0 Å². The maximum atomic E-state index is 10.9. The molecule has 3 fully saturated rings. The molecule has 0 heterocycles. The van der Waals surface area contributed by atoms with Gasteiger partial charge in [-0.2, -0.15) is 0 Å². The van der Waals surface area contributed by atoms with Gasteiger partial charge in [-0.25, -0.2) is 0 Å². The maximum absolute atomic E-state index is 10.9. The van der Waals surface area contributed by atoms with Crippen molar-refractivity contribution in [3.8, 4) is 0 Å². The molecule has 0 saturated heterocycles. The molecule has 2 bridgehead atoms. The Labute approximate surface area is 99.6 Å². The first-order valence-electron chi connectivity index (χ1n) is 7.23. The van der Waals surface area contributed by atoms with Crippen LogP contribution in [0.15, 0.2) is 0 Å². The third kappa shape index (κ3) is 1.54. The highest BCUT2D eigenvalue weighted by molar-refractivity contribution is 5.02. The number of aliphatic hydroxyl groups is 1. The van der Waals surface area contributed by atoms with Crippen LogP contribution in [0.2, 0.25) is 0 Å². The van der Waals surface area contributed by atoms with Crippen LogP contribution in [-0.2, 0) is 0 Å². The van der Waals surface area contributed by atoms with E-state index < -0.39 is 0 Å². The molecule has 0 aromatic rings. The standard InChI is InChI=1S/C15H26O/c1-14(2)6-3-7-15(14,16)10-13-9-11-4-5-12(13)8-11/h11-13,16H,3-10H2,1-2H3. The van der Waals surface area contributed by atoms with Crippen molar-refractivity contribution >= 4 is 0 Å². The zero-order valence-electron chi connectivity index (χ0n) is 10.8. The second kappa shape index (κ2) is 3.48. The van der Waals surface area contributed by atoms with Crippen LogP contribution >= 0.6 is 0 Å². The summed E-state index contributed by atoms with van der Waals surface area (Å²) in [4.78, 5) is 0. The zero-order chi connectivity index (χ0) is 11.4. The molecule has 1 heteroatoms. The summed E-state index contributed by atoms with van der Waals surface area (Å²) in [5.41, 5.74) is -0.184. The largest absolute Gasteiger partial charge is 0.389 e. The summed E-state index contributed by atoms with van der Waals surface area (Å²) >= 11 is 0. The molecule has 16 heavy (non-hydrogen) atoms. The summed E-state index contributed by atoms with van der Waals surface area (Å²) in [5, 5.41) is 10.9. The number of hydrogen-bond donors (Lipinski definition) is 1. The van der Waals surface area contributed by atoms with E-state index in [9.17, 15) is 5.11 Å². The average Bonchev–Trinajstić information content (AvgIpc) is 2.83. The molecular formula is C15H26O. The minimum atomic E-state index is -0.345. The van der Waals surface area contributed by atoms with Crippen molar-refractivity contribution in [2.24, 2.45) is 23.2 Å². The first kappa shape index (κ1) is 11.1. The van der Waals surface area contributed by atoms with Crippen molar-refractivity contribution in [3.05, 3.63) is 0 Å². The molecule has 1 N–H and O–H groups in total. The van der Waals surface area contributed by atoms with Crippen molar-refractivity contribution in [1.82, 2.24) is 0 Å². The lowest BCUT2D eigenvalue weighted by Crippen LogP contribution is -2.42. The van der Waals surface area contributed by atoms with E-state index in [2.05, 4.69) is 13.8 Å². The molecule has 0 aliphatic heterocycles. The number of hydrogen-bond acceptors (Lipinski definition) is 1. The quantitative estimate of drug-likeness (QED) is 0.754. The second-order valence-electron chi connectivity index (χ2n) is 7.41. The molecular weight excluding hydrogens is 196 g/mol. The first-order valence-corrected chi connectivity index (χ1v) is 7.23. The molecule has 1 nitrogen and oxygen atoms in total. The predicted molar refractivity (Wildman–Crippen MR) is 66.1 cm³/mol. The van der Waals surface area contributed by atoms with Crippen LogP contribution in [0.4, 0.5) is 0 Å². The third-order valence-electron chi connectivity index (χ3n) is 6.14. The van der Waals surface area contributed by atoms with Crippen molar-refractivity contribution in [2.75, 3.05) is 0 Å². The molecule has 92 valence electrons. The summed E-state index contributed by atoms with van der Waals surface area (Å²) in [6.07, 6.45) is 10.4. The molecule has 0 amide bonds. The van der Waals surface area contributed by atoms with E-state index in [1.54, 1.807) is 0 Å². The van der Waals surface area contributed by atoms with E-state index in [1.807, 2.05) is 0 Å². The Balaban J connectivity index is 1.70. The highest BCUT2D eigenvalue weighted by Gasteiger charge is 2.51. The average molecular weight is 222 g/mol. The molecule has 3 aliphatic rings. The Bertz CT molecular complexity index is 283. The van der Waals surface area contributed by atoms with Gasteiger partial charge >= 0.3 is 0 Å². The smallest absolute Gasteiger partial charge is 0.0701 e. The summed E-state index contributed by atoms with van der Waals surface area (Å²) in [6.45, 7) is 4.54. The van der Waals surface area contributed by atoms with Gasteiger partial charge in [0.2, 0.25) is 0 Å². The van der Waals surface area contributed by atoms with Crippen LogP contribution in [0.3, 0.4) is 0 Å². The van der Waals surface area contributed by atoms with Crippen LogP contribution in [-0.4, -0.2) is 10.7 Å². The molecule has 0 aromatic carbocycles. The summed E-state index contributed by atoms with van der Waals surface area (Å²) in [7, 11) is 0. The lowest BCUT2D eigenvalue weighted by atomic mass is 9.70. The fourth-order valence-electron chi connectivity index (χ4n) is 4.83. The van der Waals surface area contributed by atoms with Gasteiger partial charge in [-0.05, 0) is 68.1 Å². The summed E-state index contributed by atoms with van der Waals surface area (Å²) in [6, 6.07) is 0. The SMILES string of the molecule is CC1(C)CCCC1(O)CC1CC2CCC1C2. The molecule has 0 aromatic heterocycles. The fraction of sp³-hybridized carbons (Fsp3) is 1.00. The van der Waals surface area contributed by atoms with Crippen LogP contribution in [0.25, 0.3) is 0 Å². The molecule has 0 radical (unpaired) electrons. The molecule has 4 atom stereocenters. The van der Waals surface area contributed by atoms with Gasteiger partial charge in [-0.1, -0.05) is 20.3 Å². The second-order valence-corrected chi connectivity index (χ2v) is 7.41. The van der Waals surface area contributed by atoms with Crippen LogP contribution in [0, 0.1) is 23.2 Å². The van der Waals surface area contributed by atoms with Crippen molar-refractivity contribution in [1.29, 1.82) is 0 Å². The van der Waals surface area contributed by atoms with Gasteiger partial charge in [0, 0.05) is 0 Å². The Kier molecular flexibility index (Phi) is 2.41. The van der Waals surface area contributed by atoms with E-state index in [-0.39, 0.29) is 11.0 Å². The van der Waals surface area contributed by atoms with Gasteiger partial charge in [-0.3, -0.25) is 0 Å². The van der Waals surface area contributed by atoms with Crippen LogP contribution in [0.1, 0.15) is 65.2 Å². The molecule has 4 unspecified atom stereocenters. The molecule has 3 aliphatic carbocycles. The number of fused-ring (bicyclic) bond motifs is 2. The Morgan fingerprint density at radius 1 is 1.12 bits per heavy atom. The lowest BCUT2D eigenvalue weighted by molar-refractivity contribution is -0.0662. The molecule has 0 spiro atoms. The maximum Gasteiger partial charge on any atom is 0.0701 e. The van der Waals surface area contributed by atoms with E-state index in [0.29, 0.717) is 0 Å². The minimum Gasteiger partial charge on any atom is -0.389 e. The third-order valence-corrected chi connectivity index (χ3v) is 6.14. The topological polar surface area (TPSA) is 20.2 Å². The zero-order valence-corrected chi connectivity index (χ0v) is 10.8. The molecule has 3 saturated carbocycles. The predicted octanol–water partition coefficient (Wildman–Crippen LogP) is 3.75.